The Kier molecular flexibility index (Phi) is 5.95. The van der Waals surface area contributed by atoms with Crippen molar-refractivity contribution < 1.29 is 4.42 Å². The fraction of sp³-hybridized carbons (Fsp3) is 0.0638. The molecule has 1 aromatic heterocycles. The van der Waals surface area contributed by atoms with Gasteiger partial charge in [0, 0.05) is 32.9 Å². The molecule has 49 heavy (non-hydrogen) atoms. The van der Waals surface area contributed by atoms with Crippen molar-refractivity contribution in [1.29, 1.82) is 0 Å². The SMILES string of the molecule is CC1(C)c2ccccc2-c2c(-c3ccc(N(c4ccc5ccccc5c4)c4cccc5c4oc4c6ccccc6ccc54)cc3)cccc21. The maximum absolute atomic E-state index is 6.86. The maximum atomic E-state index is 6.86. The van der Waals surface area contributed by atoms with Gasteiger partial charge in [0.2, 0.25) is 0 Å². The number of fused-ring (bicyclic) bond motifs is 9. The minimum atomic E-state index is -0.0364. The van der Waals surface area contributed by atoms with Gasteiger partial charge in [0.25, 0.3) is 0 Å². The molecule has 1 aliphatic carbocycles. The van der Waals surface area contributed by atoms with Crippen LogP contribution in [0.4, 0.5) is 17.1 Å². The third kappa shape index (κ3) is 4.14. The molecular formula is C47H33NO. The molecule has 8 aromatic carbocycles. The molecule has 0 atom stereocenters. The van der Waals surface area contributed by atoms with Crippen LogP contribution in [0.25, 0.3) is 65.7 Å². The summed E-state index contributed by atoms with van der Waals surface area (Å²) in [6.45, 7) is 4.68. The molecule has 0 spiro atoms. The number of hydrogen-bond donors (Lipinski definition) is 0. The van der Waals surface area contributed by atoms with Gasteiger partial charge in [-0.2, -0.15) is 0 Å². The first kappa shape index (κ1) is 27.9. The molecule has 0 unspecified atom stereocenters. The number of hydrogen-bond acceptors (Lipinski definition) is 2. The highest BCUT2D eigenvalue weighted by molar-refractivity contribution is 6.17. The second-order valence-corrected chi connectivity index (χ2v) is 13.7. The standard InChI is InChI=1S/C47H33NO/c1-47(2)41-18-8-7-15-40(41)44-36(16-9-19-42(44)47)32-22-25-34(26-23-32)48(35-27-21-30-11-3-4-13-33(30)29-35)43-20-10-17-38-39-28-24-31-12-5-6-14-37(31)45(39)49-46(38)43/h3-29H,1-2H3. The lowest BCUT2D eigenvalue weighted by Crippen LogP contribution is -2.14. The summed E-state index contributed by atoms with van der Waals surface area (Å²) in [4.78, 5) is 2.34. The summed E-state index contributed by atoms with van der Waals surface area (Å²) < 4.78 is 6.86. The van der Waals surface area contributed by atoms with Gasteiger partial charge in [0.15, 0.2) is 5.58 Å². The molecule has 0 radical (unpaired) electrons. The molecule has 232 valence electrons. The van der Waals surface area contributed by atoms with Crippen molar-refractivity contribution in [1.82, 2.24) is 0 Å². The quantitative estimate of drug-likeness (QED) is 0.193. The summed E-state index contributed by atoms with van der Waals surface area (Å²) >= 11 is 0. The Morgan fingerprint density at radius 1 is 0.449 bits per heavy atom. The summed E-state index contributed by atoms with van der Waals surface area (Å²) in [5.41, 5.74) is 12.9. The molecule has 0 saturated carbocycles. The highest BCUT2D eigenvalue weighted by Crippen LogP contribution is 2.52. The lowest BCUT2D eigenvalue weighted by Gasteiger charge is -2.26. The topological polar surface area (TPSA) is 16.4 Å². The van der Waals surface area contributed by atoms with E-state index in [1.165, 1.54) is 49.5 Å². The van der Waals surface area contributed by atoms with E-state index in [0.29, 0.717) is 0 Å². The normalized spacial score (nSPS) is 13.3. The second kappa shape index (κ2) is 10.4. The zero-order valence-electron chi connectivity index (χ0n) is 27.4. The van der Waals surface area contributed by atoms with Crippen LogP contribution in [0.1, 0.15) is 25.0 Å². The van der Waals surface area contributed by atoms with E-state index in [1.807, 2.05) is 0 Å². The molecule has 0 N–H and O–H groups in total. The van der Waals surface area contributed by atoms with E-state index < -0.39 is 0 Å². The van der Waals surface area contributed by atoms with Crippen LogP contribution in [0.3, 0.4) is 0 Å². The summed E-state index contributed by atoms with van der Waals surface area (Å²) in [7, 11) is 0. The van der Waals surface area contributed by atoms with Crippen LogP contribution < -0.4 is 4.90 Å². The Bertz CT molecular complexity index is 2750. The number of nitrogens with zero attached hydrogens (tertiary/aromatic N) is 1. The summed E-state index contributed by atoms with van der Waals surface area (Å²) in [5, 5.41) is 6.97. The monoisotopic (exact) mass is 627 g/mol. The van der Waals surface area contributed by atoms with Crippen LogP contribution >= 0.6 is 0 Å². The lowest BCUT2D eigenvalue weighted by molar-refractivity contribution is 0.660. The van der Waals surface area contributed by atoms with Crippen molar-refractivity contribution in [2.45, 2.75) is 19.3 Å². The molecule has 2 heteroatoms. The second-order valence-electron chi connectivity index (χ2n) is 13.7. The van der Waals surface area contributed by atoms with Crippen LogP contribution in [0.5, 0.6) is 0 Å². The molecule has 9 aromatic rings. The van der Waals surface area contributed by atoms with Crippen LogP contribution in [0, 0.1) is 0 Å². The highest BCUT2D eigenvalue weighted by atomic mass is 16.3. The zero-order chi connectivity index (χ0) is 32.7. The van der Waals surface area contributed by atoms with E-state index >= 15 is 0 Å². The Labute approximate surface area is 285 Å². The Morgan fingerprint density at radius 3 is 1.96 bits per heavy atom. The van der Waals surface area contributed by atoms with E-state index in [9.17, 15) is 0 Å². The molecule has 0 saturated heterocycles. The van der Waals surface area contributed by atoms with Crippen molar-refractivity contribution in [3.05, 3.63) is 175 Å². The van der Waals surface area contributed by atoms with Gasteiger partial charge in [-0.1, -0.05) is 141 Å². The average molecular weight is 628 g/mol. The molecule has 2 nitrogen and oxygen atoms in total. The van der Waals surface area contributed by atoms with Gasteiger partial charge in [-0.15, -0.1) is 0 Å². The first-order chi connectivity index (χ1) is 24.1. The van der Waals surface area contributed by atoms with Crippen LogP contribution in [0.2, 0.25) is 0 Å². The number of anilines is 3. The zero-order valence-corrected chi connectivity index (χ0v) is 27.4. The summed E-state index contributed by atoms with van der Waals surface area (Å²) in [6.07, 6.45) is 0. The minimum absolute atomic E-state index is 0.0364. The Hall–Kier alpha value is -6.12. The van der Waals surface area contributed by atoms with Crippen molar-refractivity contribution in [3.8, 4) is 22.3 Å². The van der Waals surface area contributed by atoms with Crippen LogP contribution in [0.15, 0.2) is 168 Å². The molecule has 0 amide bonds. The van der Waals surface area contributed by atoms with Gasteiger partial charge in [0.05, 0.1) is 5.69 Å². The molecule has 10 rings (SSSR count). The number of rotatable bonds is 4. The third-order valence-electron chi connectivity index (χ3n) is 10.6. The largest absolute Gasteiger partial charge is 0.453 e. The van der Waals surface area contributed by atoms with Gasteiger partial charge < -0.3 is 9.32 Å². The smallest absolute Gasteiger partial charge is 0.159 e. The Balaban J connectivity index is 1.17. The van der Waals surface area contributed by atoms with Crippen molar-refractivity contribution >= 4 is 60.5 Å². The molecule has 0 aliphatic heterocycles. The highest BCUT2D eigenvalue weighted by Gasteiger charge is 2.36. The van der Waals surface area contributed by atoms with Gasteiger partial charge in [-0.05, 0) is 85.9 Å². The number of benzene rings is 8. The van der Waals surface area contributed by atoms with Gasteiger partial charge in [0.1, 0.15) is 5.58 Å². The Morgan fingerprint density at radius 2 is 1.08 bits per heavy atom. The summed E-state index contributed by atoms with van der Waals surface area (Å²) in [6, 6.07) is 59.3. The molecule has 1 heterocycles. The number of furan rings is 1. The predicted octanol–water partition coefficient (Wildman–Crippen LogP) is 13.3. The third-order valence-corrected chi connectivity index (χ3v) is 10.6. The number of para-hydroxylation sites is 1. The van der Waals surface area contributed by atoms with E-state index in [0.717, 1.165) is 44.4 Å². The fourth-order valence-electron chi connectivity index (χ4n) is 8.22. The molecular weight excluding hydrogens is 595 g/mol. The van der Waals surface area contributed by atoms with Gasteiger partial charge in [-0.25, -0.2) is 0 Å². The van der Waals surface area contributed by atoms with Crippen LogP contribution in [-0.2, 0) is 5.41 Å². The van der Waals surface area contributed by atoms with E-state index in [-0.39, 0.29) is 5.41 Å². The van der Waals surface area contributed by atoms with E-state index in [1.54, 1.807) is 0 Å². The summed E-state index contributed by atoms with van der Waals surface area (Å²) in [5.74, 6) is 0. The fourth-order valence-corrected chi connectivity index (χ4v) is 8.22. The van der Waals surface area contributed by atoms with Gasteiger partial charge >= 0.3 is 0 Å². The minimum Gasteiger partial charge on any atom is -0.453 e. The van der Waals surface area contributed by atoms with E-state index in [4.69, 9.17) is 4.42 Å². The molecule has 0 fully saturated rings. The molecule has 1 aliphatic rings. The van der Waals surface area contributed by atoms with E-state index in [2.05, 4.69) is 183 Å². The lowest BCUT2D eigenvalue weighted by atomic mass is 9.82. The predicted molar refractivity (Wildman–Crippen MR) is 206 cm³/mol. The first-order valence-corrected chi connectivity index (χ1v) is 17.0. The van der Waals surface area contributed by atoms with Crippen molar-refractivity contribution in [2.75, 3.05) is 4.90 Å². The first-order valence-electron chi connectivity index (χ1n) is 17.0. The van der Waals surface area contributed by atoms with Gasteiger partial charge in [-0.3, -0.25) is 0 Å². The maximum Gasteiger partial charge on any atom is 0.159 e. The van der Waals surface area contributed by atoms with Crippen molar-refractivity contribution in [3.63, 3.8) is 0 Å². The van der Waals surface area contributed by atoms with Crippen LogP contribution in [-0.4, -0.2) is 0 Å². The van der Waals surface area contributed by atoms with Crippen molar-refractivity contribution in [2.24, 2.45) is 0 Å². The molecule has 0 bridgehead atoms. The average Bonchev–Trinajstić information content (AvgIpc) is 3.65.